The molecule has 6 nitrogen and oxygen atoms in total. The fourth-order valence-electron chi connectivity index (χ4n) is 1.97. The van der Waals surface area contributed by atoms with Crippen molar-refractivity contribution in [2.24, 2.45) is 5.73 Å². The van der Waals surface area contributed by atoms with Crippen LogP contribution in [0.25, 0.3) is 0 Å². The molecule has 4 N–H and O–H groups in total. The van der Waals surface area contributed by atoms with Gasteiger partial charge in [-0.15, -0.1) is 0 Å². The van der Waals surface area contributed by atoms with Crippen LogP contribution in [-0.4, -0.2) is 33.7 Å². The first-order valence-electron chi connectivity index (χ1n) is 7.41. The van der Waals surface area contributed by atoms with E-state index >= 15 is 0 Å². The van der Waals surface area contributed by atoms with Gasteiger partial charge in [0.1, 0.15) is 0 Å². The molecule has 1 aromatic heterocycles. The Hall–Kier alpha value is -2.70. The number of aliphatic carboxylic acids is 2. The van der Waals surface area contributed by atoms with Gasteiger partial charge in [-0.05, 0) is 36.2 Å². The first-order chi connectivity index (χ1) is 11.9. The molecule has 1 atom stereocenters. The van der Waals surface area contributed by atoms with Crippen LogP contribution in [-0.2, 0) is 16.0 Å². The van der Waals surface area contributed by atoms with Crippen LogP contribution in [0.2, 0.25) is 5.02 Å². The molecule has 7 heteroatoms. The number of nitrogens with two attached hydrogens (primary N) is 1. The van der Waals surface area contributed by atoms with Crippen LogP contribution in [0.1, 0.15) is 17.2 Å². The van der Waals surface area contributed by atoms with E-state index in [1.54, 1.807) is 6.20 Å². The van der Waals surface area contributed by atoms with Gasteiger partial charge in [-0.25, -0.2) is 9.59 Å². The summed E-state index contributed by atoms with van der Waals surface area (Å²) >= 11 is 5.86. The first-order valence-corrected chi connectivity index (χ1v) is 7.79. The number of nitrogens with zero attached hydrogens (tertiary/aromatic N) is 1. The van der Waals surface area contributed by atoms with E-state index in [1.165, 1.54) is 5.56 Å². The van der Waals surface area contributed by atoms with E-state index in [9.17, 15) is 9.59 Å². The zero-order chi connectivity index (χ0) is 18.7. The maximum atomic E-state index is 9.55. The summed E-state index contributed by atoms with van der Waals surface area (Å²) in [6.07, 6.45) is 3.81. The van der Waals surface area contributed by atoms with Crippen molar-refractivity contribution >= 4 is 23.5 Å². The minimum Gasteiger partial charge on any atom is -0.478 e. The number of hydrogen-bond acceptors (Lipinski definition) is 4. The molecule has 0 amide bonds. The average Bonchev–Trinajstić information content (AvgIpc) is 2.61. The Morgan fingerprint density at radius 2 is 1.68 bits per heavy atom. The topological polar surface area (TPSA) is 114 Å². The first kappa shape index (κ1) is 20.3. The number of carboxylic acid groups (broad SMARTS) is 2. The van der Waals surface area contributed by atoms with Crippen molar-refractivity contribution in [3.8, 4) is 0 Å². The SMILES string of the molecule is NCC(Cc1ccc(Cl)cc1)c1ccccn1.O=C(O)C=CC(=O)O. The highest BCUT2D eigenvalue weighted by molar-refractivity contribution is 6.30. The lowest BCUT2D eigenvalue weighted by atomic mass is 9.96. The normalized spacial score (nSPS) is 11.4. The Morgan fingerprint density at radius 3 is 2.12 bits per heavy atom. The molecule has 0 bridgehead atoms. The third-order valence-corrected chi connectivity index (χ3v) is 3.41. The number of carbonyl (C=O) groups is 2. The third kappa shape index (κ3) is 8.64. The third-order valence-electron chi connectivity index (χ3n) is 3.15. The molecule has 132 valence electrons. The van der Waals surface area contributed by atoms with Gasteiger partial charge in [0.2, 0.25) is 0 Å². The minimum absolute atomic E-state index is 0.261. The summed E-state index contributed by atoms with van der Waals surface area (Å²) in [5.74, 6) is -2.25. The highest BCUT2D eigenvalue weighted by Gasteiger charge is 2.11. The van der Waals surface area contributed by atoms with Crippen LogP contribution in [0.15, 0.2) is 60.8 Å². The Kier molecular flexibility index (Phi) is 8.92. The molecule has 0 aliphatic heterocycles. The van der Waals surface area contributed by atoms with Gasteiger partial charge in [0.25, 0.3) is 0 Å². The molecule has 1 aromatic carbocycles. The highest BCUT2D eigenvalue weighted by Crippen LogP contribution is 2.19. The van der Waals surface area contributed by atoms with E-state index in [0.29, 0.717) is 18.7 Å². The van der Waals surface area contributed by atoms with Crippen LogP contribution >= 0.6 is 11.6 Å². The Bertz CT molecular complexity index is 687. The van der Waals surface area contributed by atoms with Crippen LogP contribution in [0, 0.1) is 0 Å². The quantitative estimate of drug-likeness (QED) is 0.681. The highest BCUT2D eigenvalue weighted by atomic mass is 35.5. The van der Waals surface area contributed by atoms with Gasteiger partial charge in [0, 0.05) is 41.5 Å². The van der Waals surface area contributed by atoms with Crippen LogP contribution in [0.3, 0.4) is 0 Å². The van der Waals surface area contributed by atoms with Crippen LogP contribution in [0.4, 0.5) is 0 Å². The number of halogens is 1. The van der Waals surface area contributed by atoms with Gasteiger partial charge in [-0.3, -0.25) is 4.98 Å². The lowest BCUT2D eigenvalue weighted by molar-refractivity contribution is -0.134. The standard InChI is InChI=1S/C14H15ClN2.C4H4O4/c15-13-6-4-11(5-7-13)9-12(10-16)14-3-1-2-8-17-14;5-3(6)1-2-4(7)8/h1-8,12H,9-10,16H2;1-2H,(H,5,6)(H,7,8). The van der Waals surface area contributed by atoms with E-state index in [0.717, 1.165) is 17.1 Å². The van der Waals surface area contributed by atoms with Gasteiger partial charge in [0.05, 0.1) is 0 Å². The summed E-state index contributed by atoms with van der Waals surface area (Å²) in [4.78, 5) is 23.5. The molecule has 2 rings (SSSR count). The smallest absolute Gasteiger partial charge is 0.328 e. The Balaban J connectivity index is 0.000000333. The van der Waals surface area contributed by atoms with E-state index in [4.69, 9.17) is 27.5 Å². The number of aromatic nitrogens is 1. The van der Waals surface area contributed by atoms with Crippen molar-refractivity contribution < 1.29 is 19.8 Å². The second kappa shape index (κ2) is 11.0. The number of benzene rings is 1. The number of rotatable bonds is 6. The predicted molar refractivity (Wildman–Crippen MR) is 95.6 cm³/mol. The van der Waals surface area contributed by atoms with Gasteiger partial charge in [-0.1, -0.05) is 29.8 Å². The van der Waals surface area contributed by atoms with Crippen molar-refractivity contribution in [2.45, 2.75) is 12.3 Å². The lowest BCUT2D eigenvalue weighted by Crippen LogP contribution is -2.16. The van der Waals surface area contributed by atoms with Gasteiger partial charge in [-0.2, -0.15) is 0 Å². The molecule has 2 aromatic rings. The maximum absolute atomic E-state index is 9.55. The zero-order valence-electron chi connectivity index (χ0n) is 13.4. The van der Waals surface area contributed by atoms with Crippen molar-refractivity contribution in [3.63, 3.8) is 0 Å². The Morgan fingerprint density at radius 1 is 1.08 bits per heavy atom. The summed E-state index contributed by atoms with van der Waals surface area (Å²) in [6, 6.07) is 13.8. The molecule has 0 fully saturated rings. The van der Waals surface area contributed by atoms with Crippen molar-refractivity contribution in [3.05, 3.63) is 77.1 Å². The van der Waals surface area contributed by atoms with E-state index < -0.39 is 11.9 Å². The van der Waals surface area contributed by atoms with Crippen LogP contribution in [0.5, 0.6) is 0 Å². The van der Waals surface area contributed by atoms with Crippen molar-refractivity contribution in [2.75, 3.05) is 6.54 Å². The second-order valence-corrected chi connectivity index (χ2v) is 5.46. The molecule has 0 aliphatic rings. The number of carboxylic acids is 2. The molecule has 0 spiro atoms. The predicted octanol–water partition coefficient (Wildman–Crippen LogP) is 2.73. The molecule has 0 saturated heterocycles. The van der Waals surface area contributed by atoms with Gasteiger partial charge in [0.15, 0.2) is 0 Å². The van der Waals surface area contributed by atoms with Crippen molar-refractivity contribution in [1.82, 2.24) is 4.98 Å². The minimum atomic E-state index is -1.26. The number of pyridine rings is 1. The molecular weight excluding hydrogens is 344 g/mol. The largest absolute Gasteiger partial charge is 0.478 e. The van der Waals surface area contributed by atoms with E-state index in [2.05, 4.69) is 4.98 Å². The molecule has 1 heterocycles. The number of hydrogen-bond donors (Lipinski definition) is 3. The molecule has 1 unspecified atom stereocenters. The summed E-state index contributed by atoms with van der Waals surface area (Å²) in [6.45, 7) is 0.597. The molecule has 0 aliphatic carbocycles. The molecular formula is C18H19ClN2O4. The van der Waals surface area contributed by atoms with Crippen LogP contribution < -0.4 is 5.73 Å². The maximum Gasteiger partial charge on any atom is 0.328 e. The summed E-state index contributed by atoms with van der Waals surface area (Å²) in [7, 11) is 0. The zero-order valence-corrected chi connectivity index (χ0v) is 14.1. The van der Waals surface area contributed by atoms with Gasteiger partial charge >= 0.3 is 11.9 Å². The molecule has 25 heavy (non-hydrogen) atoms. The summed E-state index contributed by atoms with van der Waals surface area (Å²) in [5.41, 5.74) is 8.09. The second-order valence-electron chi connectivity index (χ2n) is 5.03. The Labute approximate surface area is 150 Å². The summed E-state index contributed by atoms with van der Waals surface area (Å²) < 4.78 is 0. The van der Waals surface area contributed by atoms with E-state index in [1.807, 2.05) is 42.5 Å². The molecule has 0 saturated carbocycles. The fourth-order valence-corrected chi connectivity index (χ4v) is 2.10. The monoisotopic (exact) mass is 362 g/mol. The fraction of sp³-hybridized carbons (Fsp3) is 0.167. The van der Waals surface area contributed by atoms with E-state index in [-0.39, 0.29) is 5.92 Å². The summed E-state index contributed by atoms with van der Waals surface area (Å²) in [5, 5.41) is 16.4. The van der Waals surface area contributed by atoms with Crippen molar-refractivity contribution in [1.29, 1.82) is 0 Å². The lowest BCUT2D eigenvalue weighted by Gasteiger charge is -2.14. The molecule has 0 radical (unpaired) electrons. The van der Waals surface area contributed by atoms with Gasteiger partial charge < -0.3 is 15.9 Å². The average molecular weight is 363 g/mol.